The number of rotatable bonds is 9. The highest BCUT2D eigenvalue weighted by atomic mass is 32.3. The molecule has 0 amide bonds. The number of thioether (sulfide) groups is 3. The van der Waals surface area contributed by atoms with E-state index in [9.17, 15) is 5.11 Å². The molecule has 0 aliphatic carbocycles. The lowest BCUT2D eigenvalue weighted by molar-refractivity contribution is 0.0258. The van der Waals surface area contributed by atoms with Crippen LogP contribution in [0.15, 0.2) is 30.3 Å². The molecule has 1 aromatic rings. The van der Waals surface area contributed by atoms with E-state index in [1.807, 2.05) is 30.3 Å². The van der Waals surface area contributed by atoms with Crippen molar-refractivity contribution in [3.05, 3.63) is 35.9 Å². The second-order valence-corrected chi connectivity index (χ2v) is 8.24. The van der Waals surface area contributed by atoms with Gasteiger partial charge in [0.2, 0.25) is 0 Å². The predicted molar refractivity (Wildman–Crippen MR) is 90.0 cm³/mol. The van der Waals surface area contributed by atoms with Gasteiger partial charge < -0.3 is 9.84 Å². The Morgan fingerprint density at radius 3 is 2.21 bits per heavy atom. The molecule has 0 aliphatic heterocycles. The van der Waals surface area contributed by atoms with Crippen molar-refractivity contribution < 1.29 is 9.84 Å². The van der Waals surface area contributed by atoms with Crippen LogP contribution >= 0.6 is 35.3 Å². The molecule has 0 fully saturated rings. The van der Waals surface area contributed by atoms with Gasteiger partial charge in [0.1, 0.15) is 3.41 Å². The van der Waals surface area contributed by atoms with Crippen LogP contribution in [0.1, 0.15) is 12.0 Å². The second kappa shape index (κ2) is 9.19. The summed E-state index contributed by atoms with van der Waals surface area (Å²) in [5.74, 6) is 0. The van der Waals surface area contributed by atoms with Gasteiger partial charge in [-0.15, -0.1) is 35.3 Å². The summed E-state index contributed by atoms with van der Waals surface area (Å²) in [6.45, 7) is 0.945. The van der Waals surface area contributed by atoms with Gasteiger partial charge in [-0.25, -0.2) is 0 Å². The predicted octanol–water partition coefficient (Wildman–Crippen LogP) is 3.70. The molecule has 0 saturated heterocycles. The van der Waals surface area contributed by atoms with Gasteiger partial charge in [0.15, 0.2) is 0 Å². The molecule has 0 spiro atoms. The molecule has 19 heavy (non-hydrogen) atoms. The average molecular weight is 319 g/mol. The van der Waals surface area contributed by atoms with Crippen LogP contribution in [0.2, 0.25) is 0 Å². The zero-order chi connectivity index (χ0) is 14.1. The van der Waals surface area contributed by atoms with Crippen molar-refractivity contribution in [2.45, 2.75) is 22.5 Å². The maximum absolute atomic E-state index is 10.1. The molecule has 1 aromatic carbocycles. The summed E-state index contributed by atoms with van der Waals surface area (Å²) in [6, 6.07) is 10.0. The van der Waals surface area contributed by atoms with Gasteiger partial charge in [0, 0.05) is 6.42 Å². The van der Waals surface area contributed by atoms with Crippen LogP contribution in [0.25, 0.3) is 0 Å². The second-order valence-electron chi connectivity index (χ2n) is 4.15. The van der Waals surface area contributed by atoms with E-state index >= 15 is 0 Å². The van der Waals surface area contributed by atoms with Gasteiger partial charge in [0.05, 0.1) is 19.3 Å². The fraction of sp³-hybridized carbons (Fsp3) is 0.571. The van der Waals surface area contributed by atoms with Crippen molar-refractivity contribution in [3.8, 4) is 0 Å². The first-order chi connectivity index (χ1) is 9.15. The molecule has 0 aliphatic rings. The summed E-state index contributed by atoms with van der Waals surface area (Å²) in [4.78, 5) is 0. The minimum atomic E-state index is -0.420. The van der Waals surface area contributed by atoms with Gasteiger partial charge in [-0.1, -0.05) is 30.3 Å². The highest BCUT2D eigenvalue weighted by molar-refractivity contribution is 8.33. The fourth-order valence-corrected chi connectivity index (χ4v) is 4.81. The third-order valence-corrected chi connectivity index (χ3v) is 8.21. The number of hydrogen-bond acceptors (Lipinski definition) is 5. The summed E-state index contributed by atoms with van der Waals surface area (Å²) < 4.78 is 5.61. The van der Waals surface area contributed by atoms with E-state index in [1.165, 1.54) is 0 Å². The SMILES string of the molecule is CSC(C[C@H](O)COCc1ccccc1)(SC)SC. The Balaban J connectivity index is 2.33. The Kier molecular flexibility index (Phi) is 8.34. The first-order valence-electron chi connectivity index (χ1n) is 6.11. The molecule has 5 heteroatoms. The Morgan fingerprint density at radius 2 is 1.68 bits per heavy atom. The molecule has 0 unspecified atom stereocenters. The average Bonchev–Trinajstić information content (AvgIpc) is 2.46. The van der Waals surface area contributed by atoms with Crippen LogP contribution in [0, 0.1) is 0 Å². The number of aliphatic hydroxyl groups excluding tert-OH is 1. The van der Waals surface area contributed by atoms with Crippen molar-refractivity contribution in [3.63, 3.8) is 0 Å². The molecule has 2 nitrogen and oxygen atoms in total. The van der Waals surface area contributed by atoms with Crippen molar-refractivity contribution in [1.82, 2.24) is 0 Å². The maximum Gasteiger partial charge on any atom is 0.108 e. The van der Waals surface area contributed by atoms with E-state index < -0.39 is 6.10 Å². The molecule has 108 valence electrons. The maximum atomic E-state index is 10.1. The standard InChI is InChI=1S/C14H22O2S3/c1-17-14(18-2,19-3)9-13(15)11-16-10-12-7-5-4-6-8-12/h4-8,13,15H,9-11H2,1-3H3/t13-/m0/s1. The Hall–Kier alpha value is 0.190. The molecule has 0 saturated carbocycles. The monoisotopic (exact) mass is 318 g/mol. The van der Waals surface area contributed by atoms with E-state index in [1.54, 1.807) is 35.3 Å². The van der Waals surface area contributed by atoms with Gasteiger partial charge >= 0.3 is 0 Å². The van der Waals surface area contributed by atoms with Crippen LogP contribution in [0.4, 0.5) is 0 Å². The number of hydrogen-bond donors (Lipinski definition) is 1. The molecule has 0 radical (unpaired) electrons. The normalized spacial score (nSPS) is 13.5. The molecule has 0 bridgehead atoms. The lowest BCUT2D eigenvalue weighted by Gasteiger charge is -2.30. The van der Waals surface area contributed by atoms with Crippen LogP contribution in [-0.2, 0) is 11.3 Å². The molecule has 1 rings (SSSR count). The highest BCUT2D eigenvalue weighted by Gasteiger charge is 2.30. The molecule has 0 heterocycles. The van der Waals surface area contributed by atoms with Gasteiger partial charge in [-0.2, -0.15) is 0 Å². The molecular weight excluding hydrogens is 296 g/mol. The summed E-state index contributed by atoms with van der Waals surface area (Å²) in [7, 11) is 0. The van der Waals surface area contributed by atoms with Gasteiger partial charge in [0.25, 0.3) is 0 Å². The Labute approximate surface area is 129 Å². The zero-order valence-electron chi connectivity index (χ0n) is 11.7. The van der Waals surface area contributed by atoms with Crippen LogP contribution in [0.3, 0.4) is 0 Å². The van der Waals surface area contributed by atoms with Gasteiger partial charge in [-0.3, -0.25) is 0 Å². The van der Waals surface area contributed by atoms with Gasteiger partial charge in [-0.05, 0) is 24.3 Å². The number of aliphatic hydroxyl groups is 1. The minimum Gasteiger partial charge on any atom is -0.391 e. The third kappa shape index (κ3) is 6.00. The lowest BCUT2D eigenvalue weighted by atomic mass is 10.2. The summed E-state index contributed by atoms with van der Waals surface area (Å²) in [5.41, 5.74) is 1.14. The third-order valence-electron chi connectivity index (χ3n) is 2.84. The zero-order valence-corrected chi connectivity index (χ0v) is 14.1. The van der Waals surface area contributed by atoms with Crippen molar-refractivity contribution in [1.29, 1.82) is 0 Å². The molecule has 0 aromatic heterocycles. The van der Waals surface area contributed by atoms with E-state index in [4.69, 9.17) is 4.74 Å². The Bertz CT molecular complexity index is 334. The van der Waals surface area contributed by atoms with E-state index in [2.05, 4.69) is 18.8 Å². The summed E-state index contributed by atoms with van der Waals surface area (Å²) in [6.07, 6.45) is 6.57. The smallest absolute Gasteiger partial charge is 0.108 e. The fourth-order valence-electron chi connectivity index (χ4n) is 1.73. The van der Waals surface area contributed by atoms with E-state index in [0.29, 0.717) is 13.2 Å². The van der Waals surface area contributed by atoms with Crippen LogP contribution < -0.4 is 0 Å². The van der Waals surface area contributed by atoms with E-state index in [0.717, 1.165) is 12.0 Å². The van der Waals surface area contributed by atoms with Crippen molar-refractivity contribution in [2.75, 3.05) is 25.4 Å². The number of ether oxygens (including phenoxy) is 1. The topological polar surface area (TPSA) is 29.5 Å². The highest BCUT2D eigenvalue weighted by Crippen LogP contribution is 2.46. The van der Waals surface area contributed by atoms with Crippen molar-refractivity contribution in [2.24, 2.45) is 0 Å². The molecule has 1 N–H and O–H groups in total. The molecular formula is C14H22O2S3. The summed E-state index contributed by atoms with van der Waals surface area (Å²) >= 11 is 5.36. The van der Waals surface area contributed by atoms with E-state index in [-0.39, 0.29) is 3.41 Å². The summed E-state index contributed by atoms with van der Waals surface area (Å²) in [5, 5.41) is 10.1. The quantitative estimate of drug-likeness (QED) is 0.701. The largest absolute Gasteiger partial charge is 0.391 e. The van der Waals surface area contributed by atoms with Crippen molar-refractivity contribution >= 4 is 35.3 Å². The Morgan fingerprint density at radius 1 is 1.11 bits per heavy atom. The van der Waals surface area contributed by atoms with Crippen LogP contribution in [-0.4, -0.2) is 40.0 Å². The first kappa shape index (κ1) is 17.2. The number of benzene rings is 1. The lowest BCUT2D eigenvalue weighted by Crippen LogP contribution is -2.26. The molecule has 1 atom stereocenters. The first-order valence-corrected chi connectivity index (χ1v) is 9.78. The minimum absolute atomic E-state index is 0.0233. The van der Waals surface area contributed by atoms with Crippen LogP contribution in [0.5, 0.6) is 0 Å².